The number of benzene rings is 1. The molecular formula is C11H15N3O3. The molecule has 0 bridgehead atoms. The summed E-state index contributed by atoms with van der Waals surface area (Å²) in [5, 5.41) is 6.76. The van der Waals surface area contributed by atoms with Crippen molar-refractivity contribution in [1.82, 2.24) is 5.32 Å². The quantitative estimate of drug-likeness (QED) is 0.627. The van der Waals surface area contributed by atoms with Gasteiger partial charge in [-0.25, -0.2) is 9.80 Å². The standard InChI is InChI=1S/C11H15N3O3/c1-9(12-11(15)17-2)8-14(13-16)10-6-4-3-5-7-10/h3-7,9H,8H2,1-2H3,(H,12,15). The van der Waals surface area contributed by atoms with Gasteiger partial charge in [-0.1, -0.05) is 18.2 Å². The first kappa shape index (κ1) is 13.0. The average Bonchev–Trinajstić information content (AvgIpc) is 2.36. The maximum atomic E-state index is 11.0. The van der Waals surface area contributed by atoms with Crippen LogP contribution < -0.4 is 10.3 Å². The summed E-state index contributed by atoms with van der Waals surface area (Å²) in [6.07, 6.45) is -0.531. The fraction of sp³-hybridized carbons (Fsp3) is 0.364. The number of nitrogens with zero attached hydrogens (tertiary/aromatic N) is 2. The van der Waals surface area contributed by atoms with Gasteiger partial charge in [0.05, 0.1) is 24.6 Å². The van der Waals surface area contributed by atoms with Gasteiger partial charge in [0.25, 0.3) is 0 Å². The van der Waals surface area contributed by atoms with Crippen LogP contribution >= 0.6 is 0 Å². The highest BCUT2D eigenvalue weighted by atomic mass is 16.5. The summed E-state index contributed by atoms with van der Waals surface area (Å²) in [6, 6.07) is 8.76. The Morgan fingerprint density at radius 3 is 2.65 bits per heavy atom. The van der Waals surface area contributed by atoms with E-state index >= 15 is 0 Å². The number of para-hydroxylation sites is 1. The second kappa shape index (κ2) is 6.47. The van der Waals surface area contributed by atoms with Crippen LogP contribution in [0.3, 0.4) is 0 Å². The third-order valence-corrected chi connectivity index (χ3v) is 2.15. The van der Waals surface area contributed by atoms with Gasteiger partial charge in [-0.05, 0) is 19.1 Å². The van der Waals surface area contributed by atoms with Gasteiger partial charge in [0.15, 0.2) is 0 Å². The zero-order valence-electron chi connectivity index (χ0n) is 9.79. The molecule has 0 radical (unpaired) electrons. The van der Waals surface area contributed by atoms with Gasteiger partial charge in [0.1, 0.15) is 0 Å². The van der Waals surface area contributed by atoms with Crippen molar-refractivity contribution in [2.45, 2.75) is 13.0 Å². The first-order valence-electron chi connectivity index (χ1n) is 5.17. The molecular weight excluding hydrogens is 222 g/mol. The van der Waals surface area contributed by atoms with Gasteiger partial charge in [-0.3, -0.25) is 0 Å². The molecule has 0 aliphatic carbocycles. The highest BCUT2D eigenvalue weighted by Gasteiger charge is 2.13. The van der Waals surface area contributed by atoms with Crippen LogP contribution in [0, 0.1) is 4.91 Å². The van der Waals surface area contributed by atoms with E-state index in [-0.39, 0.29) is 12.6 Å². The molecule has 1 rings (SSSR count). The number of methoxy groups -OCH3 is 1. The molecule has 0 aromatic heterocycles. The zero-order chi connectivity index (χ0) is 12.7. The van der Waals surface area contributed by atoms with E-state index in [1.54, 1.807) is 19.1 Å². The molecule has 0 fully saturated rings. The van der Waals surface area contributed by atoms with Gasteiger partial charge in [-0.15, -0.1) is 4.91 Å². The van der Waals surface area contributed by atoms with Crippen LogP contribution in [-0.2, 0) is 4.74 Å². The molecule has 1 aromatic carbocycles. The lowest BCUT2D eigenvalue weighted by Gasteiger charge is -2.20. The highest BCUT2D eigenvalue weighted by molar-refractivity contribution is 5.67. The number of hydrogen-bond acceptors (Lipinski definition) is 4. The number of nitrogens with one attached hydrogen (secondary N) is 1. The van der Waals surface area contributed by atoms with Crippen LogP contribution in [0.4, 0.5) is 10.5 Å². The molecule has 0 saturated heterocycles. The largest absolute Gasteiger partial charge is 0.453 e. The van der Waals surface area contributed by atoms with Crippen molar-refractivity contribution in [3.8, 4) is 0 Å². The summed E-state index contributed by atoms with van der Waals surface area (Å²) in [6.45, 7) is 2.04. The lowest BCUT2D eigenvalue weighted by Crippen LogP contribution is -2.40. The van der Waals surface area contributed by atoms with E-state index in [0.717, 1.165) is 0 Å². The molecule has 17 heavy (non-hydrogen) atoms. The Bertz CT molecular complexity index is 369. The van der Waals surface area contributed by atoms with Crippen LogP contribution in [0.1, 0.15) is 6.92 Å². The Morgan fingerprint density at radius 1 is 1.47 bits per heavy atom. The predicted octanol–water partition coefficient (Wildman–Crippen LogP) is 1.92. The first-order valence-corrected chi connectivity index (χ1v) is 5.17. The Balaban J connectivity index is 2.58. The van der Waals surface area contributed by atoms with Crippen LogP contribution in [0.2, 0.25) is 0 Å². The summed E-state index contributed by atoms with van der Waals surface area (Å²) in [5.41, 5.74) is 0.681. The summed E-state index contributed by atoms with van der Waals surface area (Å²) in [5.74, 6) is 0. The molecule has 1 N–H and O–H groups in total. The number of amides is 1. The van der Waals surface area contributed by atoms with E-state index in [9.17, 15) is 9.70 Å². The highest BCUT2D eigenvalue weighted by Crippen LogP contribution is 2.13. The van der Waals surface area contributed by atoms with E-state index in [4.69, 9.17) is 0 Å². The van der Waals surface area contributed by atoms with E-state index in [1.807, 2.05) is 18.2 Å². The van der Waals surface area contributed by atoms with Gasteiger partial charge < -0.3 is 10.1 Å². The summed E-state index contributed by atoms with van der Waals surface area (Å²) in [7, 11) is 1.29. The molecule has 0 aliphatic rings. The Kier molecular flexibility index (Phi) is 4.93. The van der Waals surface area contributed by atoms with E-state index in [0.29, 0.717) is 5.69 Å². The maximum Gasteiger partial charge on any atom is 0.407 e. The molecule has 1 atom stereocenters. The average molecular weight is 237 g/mol. The molecule has 1 unspecified atom stereocenters. The van der Waals surface area contributed by atoms with Crippen LogP contribution in [0.5, 0.6) is 0 Å². The number of rotatable bonds is 5. The number of hydrogen-bond donors (Lipinski definition) is 1. The molecule has 0 heterocycles. The summed E-state index contributed by atoms with van der Waals surface area (Å²) in [4.78, 5) is 21.7. The second-order valence-electron chi connectivity index (χ2n) is 3.54. The lowest BCUT2D eigenvalue weighted by atomic mass is 10.3. The Morgan fingerprint density at radius 2 is 2.12 bits per heavy atom. The van der Waals surface area contributed by atoms with Crippen LogP contribution in [-0.4, -0.2) is 25.8 Å². The van der Waals surface area contributed by atoms with Crippen molar-refractivity contribution in [3.63, 3.8) is 0 Å². The predicted molar refractivity (Wildman–Crippen MR) is 64.6 cm³/mol. The van der Waals surface area contributed by atoms with Crippen molar-refractivity contribution >= 4 is 11.8 Å². The minimum Gasteiger partial charge on any atom is -0.453 e. The van der Waals surface area contributed by atoms with Crippen LogP contribution in [0.15, 0.2) is 35.6 Å². The fourth-order valence-corrected chi connectivity index (χ4v) is 1.35. The first-order chi connectivity index (χ1) is 8.17. The van der Waals surface area contributed by atoms with Gasteiger partial charge >= 0.3 is 6.09 Å². The minimum absolute atomic E-state index is 0.250. The van der Waals surface area contributed by atoms with Gasteiger partial charge in [0.2, 0.25) is 0 Å². The van der Waals surface area contributed by atoms with Crippen molar-refractivity contribution in [2.75, 3.05) is 18.7 Å². The lowest BCUT2D eigenvalue weighted by molar-refractivity contribution is 0.167. The van der Waals surface area contributed by atoms with E-state index in [1.165, 1.54) is 12.1 Å². The molecule has 6 heteroatoms. The smallest absolute Gasteiger partial charge is 0.407 e. The van der Waals surface area contributed by atoms with Crippen LogP contribution in [0.25, 0.3) is 0 Å². The SMILES string of the molecule is COC(=O)NC(C)CN(N=O)c1ccccc1. The molecule has 6 nitrogen and oxygen atoms in total. The second-order valence-corrected chi connectivity index (χ2v) is 3.54. The van der Waals surface area contributed by atoms with E-state index < -0.39 is 6.09 Å². The third-order valence-electron chi connectivity index (χ3n) is 2.15. The molecule has 0 aliphatic heterocycles. The van der Waals surface area contributed by atoms with Crippen molar-refractivity contribution in [3.05, 3.63) is 35.2 Å². The van der Waals surface area contributed by atoms with Gasteiger partial charge in [0, 0.05) is 6.04 Å². The number of alkyl carbamates (subject to hydrolysis) is 1. The van der Waals surface area contributed by atoms with Crippen molar-refractivity contribution < 1.29 is 9.53 Å². The summed E-state index contributed by atoms with van der Waals surface area (Å²) < 4.78 is 4.46. The molecule has 0 saturated carbocycles. The Labute approximate surface area is 99.5 Å². The van der Waals surface area contributed by atoms with E-state index in [2.05, 4.69) is 15.3 Å². The topological polar surface area (TPSA) is 71.0 Å². The number of ether oxygens (including phenoxy) is 1. The summed E-state index contributed by atoms with van der Waals surface area (Å²) >= 11 is 0. The van der Waals surface area contributed by atoms with Crippen molar-refractivity contribution in [2.24, 2.45) is 5.29 Å². The normalized spacial score (nSPS) is 11.4. The van der Waals surface area contributed by atoms with Crippen molar-refractivity contribution in [1.29, 1.82) is 0 Å². The van der Waals surface area contributed by atoms with Gasteiger partial charge in [-0.2, -0.15) is 0 Å². The molecule has 1 aromatic rings. The third kappa shape index (κ3) is 4.10. The number of carbonyl (C=O) groups excluding carboxylic acids is 1. The zero-order valence-corrected chi connectivity index (χ0v) is 9.79. The number of nitroso groups, excluding NO2 is 1. The maximum absolute atomic E-state index is 11.0. The monoisotopic (exact) mass is 237 g/mol. The molecule has 92 valence electrons. The fourth-order valence-electron chi connectivity index (χ4n) is 1.35. The molecule has 1 amide bonds. The Hall–Kier alpha value is -2.11. The number of anilines is 1. The minimum atomic E-state index is -0.531. The number of carbonyl (C=O) groups is 1. The molecule has 0 spiro atoms.